The fraction of sp³-hybridized carbons (Fsp3) is 0.200. The van der Waals surface area contributed by atoms with Crippen molar-refractivity contribution in [3.63, 3.8) is 0 Å². The molecule has 148 valence electrons. The van der Waals surface area contributed by atoms with Crippen LogP contribution >= 0.6 is 11.6 Å². The molecule has 1 N–H and O–H groups in total. The Balaban J connectivity index is 1.39. The quantitative estimate of drug-likeness (QED) is 0.715. The number of nitrogens with one attached hydrogen (secondary N) is 1. The Bertz CT molecular complexity index is 1050. The van der Waals surface area contributed by atoms with Crippen molar-refractivity contribution in [2.45, 2.75) is 0 Å². The van der Waals surface area contributed by atoms with Gasteiger partial charge in [0.05, 0.1) is 10.7 Å². The van der Waals surface area contributed by atoms with E-state index in [1.54, 1.807) is 34.3 Å². The third kappa shape index (κ3) is 3.97. The first-order chi connectivity index (χ1) is 14.0. The number of aromatic amines is 1. The van der Waals surface area contributed by atoms with Gasteiger partial charge in [-0.1, -0.05) is 11.6 Å². The van der Waals surface area contributed by atoms with Crippen LogP contribution in [0, 0.1) is 5.82 Å². The Hall–Kier alpha value is -3.26. The van der Waals surface area contributed by atoms with Gasteiger partial charge in [-0.2, -0.15) is 5.10 Å². The Morgan fingerprint density at radius 2 is 1.76 bits per heavy atom. The number of hydrogen-bond acceptors (Lipinski definition) is 4. The summed E-state index contributed by atoms with van der Waals surface area (Å²) in [6.07, 6.45) is 3.35. The highest BCUT2D eigenvalue weighted by molar-refractivity contribution is 6.31. The van der Waals surface area contributed by atoms with E-state index in [2.05, 4.69) is 15.2 Å². The number of aromatic nitrogens is 3. The summed E-state index contributed by atoms with van der Waals surface area (Å²) < 4.78 is 13.3. The molecule has 3 aromatic rings. The minimum absolute atomic E-state index is 0.0895. The van der Waals surface area contributed by atoms with Gasteiger partial charge in [0.2, 0.25) is 0 Å². The number of piperazine rings is 1. The first-order valence-corrected chi connectivity index (χ1v) is 9.40. The van der Waals surface area contributed by atoms with Crippen LogP contribution in [0.2, 0.25) is 5.02 Å². The SMILES string of the molecule is O=C(c1ccc(F)c(Cl)c1)N1CCN(C(=O)c2cc(-c3cccnc3)n[nH]2)CC1. The topological polar surface area (TPSA) is 82.2 Å². The monoisotopic (exact) mass is 413 g/mol. The van der Waals surface area contributed by atoms with Gasteiger partial charge in [-0.3, -0.25) is 19.7 Å². The van der Waals surface area contributed by atoms with Crippen LogP contribution in [0.5, 0.6) is 0 Å². The predicted molar refractivity (Wildman–Crippen MR) is 105 cm³/mol. The van der Waals surface area contributed by atoms with Gasteiger partial charge in [0.15, 0.2) is 0 Å². The van der Waals surface area contributed by atoms with Crippen LogP contribution in [0.4, 0.5) is 4.39 Å². The fourth-order valence-corrected chi connectivity index (χ4v) is 3.37. The van der Waals surface area contributed by atoms with Crippen molar-refractivity contribution in [2.75, 3.05) is 26.2 Å². The molecule has 0 radical (unpaired) electrons. The van der Waals surface area contributed by atoms with Crippen LogP contribution in [0.15, 0.2) is 48.8 Å². The zero-order valence-electron chi connectivity index (χ0n) is 15.3. The van der Waals surface area contributed by atoms with Crippen LogP contribution in [0.3, 0.4) is 0 Å². The number of amides is 2. The van der Waals surface area contributed by atoms with E-state index < -0.39 is 5.82 Å². The lowest BCUT2D eigenvalue weighted by molar-refractivity contribution is 0.0532. The second kappa shape index (κ2) is 8.00. The Morgan fingerprint density at radius 3 is 2.41 bits per heavy atom. The van der Waals surface area contributed by atoms with Gasteiger partial charge in [-0.05, 0) is 36.4 Å². The maximum Gasteiger partial charge on any atom is 0.272 e. The average molecular weight is 414 g/mol. The summed E-state index contributed by atoms with van der Waals surface area (Å²) in [6, 6.07) is 9.26. The highest BCUT2D eigenvalue weighted by atomic mass is 35.5. The molecule has 1 aliphatic rings. The maximum absolute atomic E-state index is 13.3. The van der Waals surface area contributed by atoms with Crippen molar-refractivity contribution in [3.8, 4) is 11.3 Å². The van der Waals surface area contributed by atoms with Gasteiger partial charge in [-0.15, -0.1) is 0 Å². The first kappa shape index (κ1) is 19.1. The summed E-state index contributed by atoms with van der Waals surface area (Å²) in [5, 5.41) is 6.86. The van der Waals surface area contributed by atoms with Gasteiger partial charge in [0, 0.05) is 49.7 Å². The van der Waals surface area contributed by atoms with E-state index in [9.17, 15) is 14.0 Å². The van der Waals surface area contributed by atoms with E-state index in [-0.39, 0.29) is 16.8 Å². The first-order valence-electron chi connectivity index (χ1n) is 9.02. The van der Waals surface area contributed by atoms with E-state index >= 15 is 0 Å². The largest absolute Gasteiger partial charge is 0.335 e. The Labute approximate surface area is 171 Å². The van der Waals surface area contributed by atoms with E-state index in [1.165, 1.54) is 18.2 Å². The minimum atomic E-state index is -0.566. The van der Waals surface area contributed by atoms with Gasteiger partial charge in [-0.25, -0.2) is 4.39 Å². The lowest BCUT2D eigenvalue weighted by atomic mass is 10.1. The second-order valence-electron chi connectivity index (χ2n) is 6.62. The molecule has 0 unspecified atom stereocenters. The lowest BCUT2D eigenvalue weighted by Crippen LogP contribution is -2.50. The number of rotatable bonds is 3. The number of pyridine rings is 1. The van der Waals surface area contributed by atoms with Crippen molar-refractivity contribution < 1.29 is 14.0 Å². The van der Waals surface area contributed by atoms with Gasteiger partial charge in [0.1, 0.15) is 11.5 Å². The molecule has 1 fully saturated rings. The maximum atomic E-state index is 13.3. The minimum Gasteiger partial charge on any atom is -0.335 e. The normalized spacial score (nSPS) is 14.1. The van der Waals surface area contributed by atoms with Crippen molar-refractivity contribution in [2.24, 2.45) is 0 Å². The van der Waals surface area contributed by atoms with Crippen LogP contribution in [0.1, 0.15) is 20.8 Å². The Kier molecular flexibility index (Phi) is 5.26. The van der Waals surface area contributed by atoms with E-state index in [0.717, 1.165) is 5.56 Å². The molecule has 9 heteroatoms. The molecule has 1 saturated heterocycles. The molecule has 0 bridgehead atoms. The number of halogens is 2. The summed E-state index contributed by atoms with van der Waals surface area (Å²) in [7, 11) is 0. The third-order valence-electron chi connectivity index (χ3n) is 4.79. The predicted octanol–water partition coefficient (Wildman–Crippen LogP) is 2.86. The van der Waals surface area contributed by atoms with Crippen molar-refractivity contribution in [1.29, 1.82) is 0 Å². The van der Waals surface area contributed by atoms with Crippen molar-refractivity contribution in [3.05, 3.63) is 70.9 Å². The highest BCUT2D eigenvalue weighted by Crippen LogP contribution is 2.19. The molecular formula is C20H17ClFN5O2. The number of carbonyl (C=O) groups is 2. The molecule has 0 saturated carbocycles. The van der Waals surface area contributed by atoms with Gasteiger partial charge in [0.25, 0.3) is 11.8 Å². The van der Waals surface area contributed by atoms with Crippen molar-refractivity contribution in [1.82, 2.24) is 25.0 Å². The number of nitrogens with zero attached hydrogens (tertiary/aromatic N) is 4. The van der Waals surface area contributed by atoms with Gasteiger partial charge < -0.3 is 9.80 Å². The molecule has 2 amide bonds. The number of carbonyl (C=O) groups excluding carboxylic acids is 2. The standard InChI is InChI=1S/C20H17ClFN5O2/c21-15-10-13(3-4-16(15)22)19(28)26-6-8-27(9-7-26)20(29)18-11-17(24-25-18)14-2-1-5-23-12-14/h1-5,10-12H,6-9H2,(H,24,25). The second-order valence-corrected chi connectivity index (χ2v) is 7.03. The summed E-state index contributed by atoms with van der Waals surface area (Å²) in [5.41, 5.74) is 2.17. The summed E-state index contributed by atoms with van der Waals surface area (Å²) in [4.78, 5) is 32.7. The Morgan fingerprint density at radius 1 is 1.03 bits per heavy atom. The molecule has 29 heavy (non-hydrogen) atoms. The smallest absolute Gasteiger partial charge is 0.272 e. The van der Waals surface area contributed by atoms with Crippen LogP contribution in [0.25, 0.3) is 11.3 Å². The van der Waals surface area contributed by atoms with E-state index in [1.807, 2.05) is 6.07 Å². The zero-order chi connectivity index (χ0) is 20.4. The molecule has 0 aliphatic carbocycles. The van der Waals surface area contributed by atoms with Gasteiger partial charge >= 0.3 is 0 Å². The molecule has 3 heterocycles. The number of benzene rings is 1. The number of H-pyrrole nitrogens is 1. The molecule has 4 rings (SSSR count). The average Bonchev–Trinajstić information content (AvgIpc) is 3.26. The summed E-state index contributed by atoms with van der Waals surface area (Å²) >= 11 is 5.76. The molecule has 7 nitrogen and oxygen atoms in total. The molecule has 2 aromatic heterocycles. The van der Waals surface area contributed by atoms with Crippen molar-refractivity contribution >= 4 is 23.4 Å². The molecule has 0 atom stereocenters. The lowest BCUT2D eigenvalue weighted by Gasteiger charge is -2.34. The van der Waals surface area contributed by atoms with Crippen LogP contribution in [-0.4, -0.2) is 63.0 Å². The summed E-state index contributed by atoms with van der Waals surface area (Å²) in [6.45, 7) is 1.54. The molecule has 0 spiro atoms. The van der Waals surface area contributed by atoms with E-state index in [4.69, 9.17) is 11.6 Å². The summed E-state index contributed by atoms with van der Waals surface area (Å²) in [5.74, 6) is -0.979. The molecule has 1 aromatic carbocycles. The van der Waals surface area contributed by atoms with Crippen LogP contribution < -0.4 is 0 Å². The zero-order valence-corrected chi connectivity index (χ0v) is 16.1. The highest BCUT2D eigenvalue weighted by Gasteiger charge is 2.26. The number of hydrogen-bond donors (Lipinski definition) is 1. The molecular weight excluding hydrogens is 397 g/mol. The fourth-order valence-electron chi connectivity index (χ4n) is 3.19. The third-order valence-corrected chi connectivity index (χ3v) is 5.08. The van der Waals surface area contributed by atoms with Crippen LogP contribution in [-0.2, 0) is 0 Å². The molecule has 1 aliphatic heterocycles. The van der Waals surface area contributed by atoms with E-state index in [0.29, 0.717) is 43.1 Å².